The van der Waals surface area contributed by atoms with Crippen LogP contribution in [0, 0.1) is 0 Å². The molecule has 2 heterocycles. The summed E-state index contributed by atoms with van der Waals surface area (Å²) in [5.74, 6) is -2.09. The van der Waals surface area contributed by atoms with E-state index < -0.39 is 18.5 Å². The van der Waals surface area contributed by atoms with Crippen LogP contribution < -0.4 is 10.1 Å². The van der Waals surface area contributed by atoms with E-state index in [1.54, 1.807) is 6.07 Å². The van der Waals surface area contributed by atoms with Crippen molar-refractivity contribution in [2.75, 3.05) is 5.32 Å². The predicted octanol–water partition coefficient (Wildman–Crippen LogP) is 2.43. The van der Waals surface area contributed by atoms with Crippen LogP contribution in [-0.4, -0.2) is 43.3 Å². The van der Waals surface area contributed by atoms with Crippen molar-refractivity contribution in [1.29, 1.82) is 0 Å². The molecule has 2 aromatic heterocycles. The molecular weight excluding hydrogens is 376 g/mol. The second-order valence-corrected chi connectivity index (χ2v) is 5.46. The molecule has 0 unspecified atom stereocenters. The fraction of sp³-hybridized carbons (Fsp3) is 0.118. The lowest BCUT2D eigenvalue weighted by atomic mass is 10.1. The molecule has 0 atom stereocenters. The second-order valence-electron chi connectivity index (χ2n) is 5.46. The number of benzene rings is 1. The summed E-state index contributed by atoms with van der Waals surface area (Å²) >= 11 is 0. The maximum Gasteiger partial charge on any atom is 0.387 e. The normalized spacial score (nSPS) is 10.7. The first-order chi connectivity index (χ1) is 13.3. The van der Waals surface area contributed by atoms with Crippen LogP contribution in [0.4, 0.5) is 14.7 Å². The highest BCUT2D eigenvalue weighted by Gasteiger charge is 2.22. The third-order valence-electron chi connectivity index (χ3n) is 3.64. The largest absolute Gasteiger partial charge is 0.477 e. The molecule has 2 N–H and O–H groups in total. The quantitative estimate of drug-likeness (QED) is 0.664. The van der Waals surface area contributed by atoms with Gasteiger partial charge in [0.15, 0.2) is 5.69 Å². The number of amides is 1. The number of nitrogens with one attached hydrogen (secondary N) is 1. The van der Waals surface area contributed by atoms with Gasteiger partial charge in [0.25, 0.3) is 5.91 Å². The summed E-state index contributed by atoms with van der Waals surface area (Å²) in [6.07, 6.45) is 2.52. The van der Waals surface area contributed by atoms with Gasteiger partial charge < -0.3 is 9.84 Å². The Kier molecular flexibility index (Phi) is 5.25. The summed E-state index contributed by atoms with van der Waals surface area (Å²) in [6, 6.07) is 7.32. The van der Waals surface area contributed by atoms with Crippen molar-refractivity contribution in [2.45, 2.75) is 6.61 Å². The zero-order chi connectivity index (χ0) is 20.3. The van der Waals surface area contributed by atoms with E-state index in [4.69, 9.17) is 0 Å². The van der Waals surface area contributed by atoms with Gasteiger partial charge in [0.05, 0.1) is 17.5 Å². The van der Waals surface area contributed by atoms with E-state index in [0.717, 1.165) is 10.9 Å². The van der Waals surface area contributed by atoms with E-state index >= 15 is 0 Å². The van der Waals surface area contributed by atoms with Crippen LogP contribution in [0.2, 0.25) is 0 Å². The molecule has 11 heteroatoms. The number of hydrogen-bond acceptors (Lipinski definition) is 6. The number of ether oxygens (including phenoxy) is 1. The van der Waals surface area contributed by atoms with Crippen LogP contribution in [0.3, 0.4) is 0 Å². The summed E-state index contributed by atoms with van der Waals surface area (Å²) < 4.78 is 29.8. The van der Waals surface area contributed by atoms with Gasteiger partial charge in [-0.25, -0.2) is 14.8 Å². The van der Waals surface area contributed by atoms with Crippen molar-refractivity contribution in [3.63, 3.8) is 0 Å². The number of aryl methyl sites for hydroxylation is 1. The predicted molar refractivity (Wildman–Crippen MR) is 92.2 cm³/mol. The number of carbonyl (C=O) groups excluding carboxylic acids is 1. The highest BCUT2D eigenvalue weighted by atomic mass is 19.3. The number of anilines is 1. The van der Waals surface area contributed by atoms with Crippen LogP contribution in [0.25, 0.3) is 11.3 Å². The van der Waals surface area contributed by atoms with Crippen molar-refractivity contribution >= 4 is 17.8 Å². The molecule has 144 valence electrons. The summed E-state index contributed by atoms with van der Waals surface area (Å²) in [4.78, 5) is 31.7. The summed E-state index contributed by atoms with van der Waals surface area (Å²) in [7, 11) is 1.40. The number of carboxylic acids is 1. The average Bonchev–Trinajstić information content (AvgIpc) is 3.04. The Morgan fingerprint density at radius 1 is 1.21 bits per heavy atom. The molecule has 3 rings (SSSR count). The minimum absolute atomic E-state index is 0.000824. The fourth-order valence-corrected chi connectivity index (χ4v) is 2.41. The molecule has 0 bridgehead atoms. The van der Waals surface area contributed by atoms with Gasteiger partial charge in [-0.1, -0.05) is 0 Å². The third kappa shape index (κ3) is 4.09. The topological polar surface area (TPSA) is 119 Å². The first-order valence-electron chi connectivity index (χ1n) is 7.80. The number of carboxylic acid groups (broad SMARTS) is 1. The van der Waals surface area contributed by atoms with Gasteiger partial charge >= 0.3 is 12.6 Å². The van der Waals surface area contributed by atoms with Crippen LogP contribution >= 0.6 is 0 Å². The van der Waals surface area contributed by atoms with E-state index in [1.165, 1.54) is 37.5 Å². The van der Waals surface area contributed by atoms with Crippen LogP contribution in [0.1, 0.15) is 20.8 Å². The minimum atomic E-state index is -2.92. The molecule has 0 saturated heterocycles. The molecule has 0 aliphatic heterocycles. The molecule has 0 spiro atoms. The van der Waals surface area contributed by atoms with Gasteiger partial charge in [-0.15, -0.1) is 0 Å². The summed E-state index contributed by atoms with van der Waals surface area (Å²) in [6.45, 7) is -2.92. The van der Waals surface area contributed by atoms with Crippen molar-refractivity contribution in [1.82, 2.24) is 19.7 Å². The Labute approximate surface area is 156 Å². The Morgan fingerprint density at radius 2 is 1.93 bits per heavy atom. The number of carbonyl (C=O) groups is 2. The zero-order valence-electron chi connectivity index (χ0n) is 14.3. The Hall–Kier alpha value is -3.89. The van der Waals surface area contributed by atoms with Crippen LogP contribution in [0.5, 0.6) is 5.75 Å². The second kappa shape index (κ2) is 7.78. The maximum atomic E-state index is 12.4. The first kappa shape index (κ1) is 18.9. The highest BCUT2D eigenvalue weighted by molar-refractivity contribution is 6.09. The number of halogens is 2. The maximum absolute atomic E-state index is 12.4. The SMILES string of the molecule is Cn1ncc(C(=O)Nc2nccc(-c3ccc(OC(F)F)cc3)n2)c1C(=O)O. The van der Waals surface area contributed by atoms with Crippen LogP contribution in [-0.2, 0) is 7.05 Å². The molecule has 9 nitrogen and oxygen atoms in total. The zero-order valence-corrected chi connectivity index (χ0v) is 14.3. The minimum Gasteiger partial charge on any atom is -0.477 e. The van der Waals surface area contributed by atoms with Gasteiger partial charge in [-0.3, -0.25) is 14.8 Å². The molecule has 28 heavy (non-hydrogen) atoms. The molecular formula is C17H13F2N5O4. The van der Waals surface area contributed by atoms with Gasteiger partial charge in [-0.05, 0) is 30.3 Å². The first-order valence-corrected chi connectivity index (χ1v) is 7.80. The molecule has 0 fully saturated rings. The lowest BCUT2D eigenvalue weighted by Crippen LogP contribution is -2.18. The molecule has 0 aliphatic carbocycles. The molecule has 1 aromatic carbocycles. The monoisotopic (exact) mass is 389 g/mol. The van der Waals surface area contributed by atoms with Gasteiger partial charge in [0.2, 0.25) is 5.95 Å². The van der Waals surface area contributed by atoms with Crippen molar-refractivity contribution in [3.8, 4) is 17.0 Å². The van der Waals surface area contributed by atoms with Gasteiger partial charge in [-0.2, -0.15) is 13.9 Å². The average molecular weight is 389 g/mol. The number of aromatic nitrogens is 4. The Morgan fingerprint density at radius 3 is 2.57 bits per heavy atom. The molecule has 0 saturated carbocycles. The summed E-state index contributed by atoms with van der Waals surface area (Å²) in [5.41, 5.74) is 0.575. The van der Waals surface area contributed by atoms with E-state index in [9.17, 15) is 23.5 Å². The Bertz CT molecular complexity index is 1020. The lowest BCUT2D eigenvalue weighted by Gasteiger charge is -2.07. The lowest BCUT2D eigenvalue weighted by molar-refractivity contribution is -0.0498. The van der Waals surface area contributed by atoms with Crippen molar-refractivity contribution in [3.05, 3.63) is 54.0 Å². The number of aromatic carboxylic acids is 1. The number of nitrogens with zero attached hydrogens (tertiary/aromatic N) is 4. The molecule has 1 amide bonds. The van der Waals surface area contributed by atoms with E-state index in [2.05, 4.69) is 25.1 Å². The highest BCUT2D eigenvalue weighted by Crippen LogP contribution is 2.22. The number of hydrogen-bond donors (Lipinski definition) is 2. The number of rotatable bonds is 6. The Balaban J connectivity index is 1.80. The van der Waals surface area contributed by atoms with E-state index in [-0.39, 0.29) is 23.0 Å². The number of alkyl halides is 2. The fourth-order valence-electron chi connectivity index (χ4n) is 2.41. The van der Waals surface area contributed by atoms with Crippen LogP contribution in [0.15, 0.2) is 42.7 Å². The summed E-state index contributed by atoms with van der Waals surface area (Å²) in [5, 5.41) is 15.4. The van der Waals surface area contributed by atoms with E-state index in [0.29, 0.717) is 11.3 Å². The molecule has 0 radical (unpaired) electrons. The molecule has 3 aromatic rings. The van der Waals surface area contributed by atoms with Crippen molar-refractivity contribution in [2.24, 2.45) is 7.05 Å². The van der Waals surface area contributed by atoms with Gasteiger partial charge in [0.1, 0.15) is 5.75 Å². The van der Waals surface area contributed by atoms with Gasteiger partial charge in [0, 0.05) is 18.8 Å². The molecule has 0 aliphatic rings. The van der Waals surface area contributed by atoms with Crippen molar-refractivity contribution < 1.29 is 28.2 Å². The standard InChI is InChI=1S/C17H13F2N5O4/c1-24-13(15(26)27)11(8-21-24)14(25)23-17-20-7-6-12(22-17)9-2-4-10(5-3-9)28-16(18)19/h2-8,16H,1H3,(H,26,27)(H,20,22,23,25). The van der Waals surface area contributed by atoms with E-state index in [1.807, 2.05) is 0 Å². The third-order valence-corrected chi connectivity index (χ3v) is 3.64. The smallest absolute Gasteiger partial charge is 0.387 e.